The lowest BCUT2D eigenvalue weighted by Gasteiger charge is -2.19. The van der Waals surface area contributed by atoms with Crippen molar-refractivity contribution in [1.29, 1.82) is 0 Å². The Hall–Kier alpha value is -1.11. The Labute approximate surface area is 118 Å². The third kappa shape index (κ3) is 3.46. The minimum Gasteiger partial charge on any atom is -0.339 e. The second kappa shape index (κ2) is 5.90. The second-order valence-corrected chi connectivity index (χ2v) is 6.04. The van der Waals surface area contributed by atoms with Gasteiger partial charge in [0.05, 0.1) is 4.90 Å². The predicted octanol–water partition coefficient (Wildman–Crippen LogP) is 1.78. The Bertz CT molecular complexity index is 595. The summed E-state index contributed by atoms with van der Waals surface area (Å²) in [7, 11) is -3.91. The van der Waals surface area contributed by atoms with E-state index in [1.807, 2.05) is 13.8 Å². The molecule has 0 saturated carbocycles. The zero-order valence-corrected chi connectivity index (χ0v) is 12.7. The van der Waals surface area contributed by atoms with Gasteiger partial charge in [-0.2, -0.15) is 0 Å². The van der Waals surface area contributed by atoms with Crippen LogP contribution in [0.25, 0.3) is 0 Å². The summed E-state index contributed by atoms with van der Waals surface area (Å²) in [5.41, 5.74) is 0.573. The Kier molecular flexibility index (Phi) is 4.95. The maximum absolute atomic E-state index is 12.2. The zero-order valence-electron chi connectivity index (χ0n) is 11.1. The second-order valence-electron chi connectivity index (χ2n) is 4.10. The molecule has 1 rings (SSSR count). The molecule has 106 valence electrons. The molecule has 1 aromatic rings. The quantitative estimate of drug-likeness (QED) is 0.920. The predicted molar refractivity (Wildman–Crippen MR) is 74.8 cm³/mol. The fourth-order valence-electron chi connectivity index (χ4n) is 1.77. The average Bonchev–Trinajstić information content (AvgIpc) is 2.32. The van der Waals surface area contributed by atoms with Crippen molar-refractivity contribution in [1.82, 2.24) is 4.90 Å². The number of carbonyl (C=O) groups is 1. The van der Waals surface area contributed by atoms with Crippen LogP contribution in [-0.2, 0) is 10.0 Å². The van der Waals surface area contributed by atoms with Gasteiger partial charge in [0.15, 0.2) is 0 Å². The lowest BCUT2D eigenvalue weighted by atomic mass is 10.1. The maximum Gasteiger partial charge on any atom is 0.253 e. The molecule has 0 atom stereocenters. The number of halogens is 1. The first-order chi connectivity index (χ1) is 8.72. The van der Waals surface area contributed by atoms with E-state index >= 15 is 0 Å². The fraction of sp³-hybridized carbons (Fsp3) is 0.417. The van der Waals surface area contributed by atoms with Gasteiger partial charge >= 0.3 is 0 Å². The molecule has 0 spiro atoms. The number of amides is 1. The van der Waals surface area contributed by atoms with Gasteiger partial charge in [0.1, 0.15) is 0 Å². The van der Waals surface area contributed by atoms with Gasteiger partial charge in [-0.1, -0.05) is 11.6 Å². The van der Waals surface area contributed by atoms with E-state index in [4.69, 9.17) is 16.7 Å². The zero-order chi connectivity index (χ0) is 14.8. The molecule has 0 saturated heterocycles. The van der Waals surface area contributed by atoms with Crippen molar-refractivity contribution in [2.45, 2.75) is 25.7 Å². The number of benzene rings is 1. The molecule has 7 heteroatoms. The van der Waals surface area contributed by atoms with Crippen molar-refractivity contribution in [3.05, 3.63) is 28.3 Å². The van der Waals surface area contributed by atoms with Crippen LogP contribution in [0.1, 0.15) is 29.8 Å². The van der Waals surface area contributed by atoms with Gasteiger partial charge in [-0.25, -0.2) is 13.6 Å². The summed E-state index contributed by atoms with van der Waals surface area (Å²) in [5.74, 6) is -0.267. The number of carbonyl (C=O) groups excluding carboxylic acids is 1. The van der Waals surface area contributed by atoms with Crippen LogP contribution >= 0.6 is 11.6 Å². The monoisotopic (exact) mass is 304 g/mol. The molecule has 19 heavy (non-hydrogen) atoms. The molecule has 1 aromatic carbocycles. The van der Waals surface area contributed by atoms with E-state index in [0.29, 0.717) is 18.7 Å². The van der Waals surface area contributed by atoms with Gasteiger partial charge in [-0.15, -0.1) is 0 Å². The summed E-state index contributed by atoms with van der Waals surface area (Å²) in [6, 6.07) is 2.74. The largest absolute Gasteiger partial charge is 0.339 e. The number of hydrogen-bond donors (Lipinski definition) is 1. The molecule has 0 aliphatic rings. The number of nitrogens with two attached hydrogens (primary N) is 1. The van der Waals surface area contributed by atoms with E-state index in [1.165, 1.54) is 12.1 Å². The van der Waals surface area contributed by atoms with Gasteiger partial charge in [-0.3, -0.25) is 4.79 Å². The Morgan fingerprint density at radius 1 is 1.32 bits per heavy atom. The summed E-state index contributed by atoms with van der Waals surface area (Å²) in [6.45, 7) is 6.31. The van der Waals surface area contributed by atoms with Crippen molar-refractivity contribution in [3.8, 4) is 0 Å². The molecule has 0 unspecified atom stereocenters. The van der Waals surface area contributed by atoms with Gasteiger partial charge in [-0.05, 0) is 38.5 Å². The topological polar surface area (TPSA) is 80.5 Å². The minimum atomic E-state index is -3.91. The Balaban J connectivity index is 3.40. The first-order valence-corrected chi connectivity index (χ1v) is 7.77. The van der Waals surface area contributed by atoms with Crippen molar-refractivity contribution in [3.63, 3.8) is 0 Å². The standard InChI is InChI=1S/C12H17ClN2O3S/c1-4-15(5-2)12(16)9-6-10(13)8(3)11(7-9)19(14,17)18/h6-7H,4-5H2,1-3H3,(H2,14,17,18). The SMILES string of the molecule is CCN(CC)C(=O)c1cc(Cl)c(C)c(S(N)(=O)=O)c1. The van der Waals surface area contributed by atoms with Crippen molar-refractivity contribution in [2.75, 3.05) is 13.1 Å². The minimum absolute atomic E-state index is 0.115. The molecule has 0 aliphatic heterocycles. The molecule has 0 aliphatic carbocycles. The van der Waals surface area contributed by atoms with E-state index in [9.17, 15) is 13.2 Å². The van der Waals surface area contributed by atoms with Crippen LogP contribution in [0.15, 0.2) is 17.0 Å². The molecule has 5 nitrogen and oxygen atoms in total. The summed E-state index contributed by atoms with van der Waals surface area (Å²) < 4.78 is 23.0. The van der Waals surface area contributed by atoms with E-state index < -0.39 is 10.0 Å². The van der Waals surface area contributed by atoms with Crippen LogP contribution in [0.5, 0.6) is 0 Å². The summed E-state index contributed by atoms with van der Waals surface area (Å²) in [6.07, 6.45) is 0. The number of nitrogens with zero attached hydrogens (tertiary/aromatic N) is 1. The Morgan fingerprint density at radius 2 is 1.84 bits per heavy atom. The number of hydrogen-bond acceptors (Lipinski definition) is 3. The third-order valence-corrected chi connectivity index (χ3v) is 4.33. The van der Waals surface area contributed by atoms with Gasteiger partial charge in [0.25, 0.3) is 5.91 Å². The van der Waals surface area contributed by atoms with Gasteiger partial charge < -0.3 is 4.90 Å². The summed E-state index contributed by atoms with van der Waals surface area (Å²) in [5, 5.41) is 5.34. The number of primary sulfonamides is 1. The summed E-state index contributed by atoms with van der Waals surface area (Å²) >= 11 is 5.97. The van der Waals surface area contributed by atoms with Crippen LogP contribution in [0.3, 0.4) is 0 Å². The highest BCUT2D eigenvalue weighted by atomic mass is 35.5. The molecule has 1 amide bonds. The van der Waals surface area contributed by atoms with Gasteiger partial charge in [0.2, 0.25) is 10.0 Å². The molecule has 0 heterocycles. The van der Waals surface area contributed by atoms with Crippen LogP contribution in [0.2, 0.25) is 5.02 Å². The van der Waals surface area contributed by atoms with Crippen LogP contribution in [0.4, 0.5) is 0 Å². The average molecular weight is 305 g/mol. The smallest absolute Gasteiger partial charge is 0.253 e. The lowest BCUT2D eigenvalue weighted by molar-refractivity contribution is 0.0772. The molecule has 0 bridgehead atoms. The van der Waals surface area contributed by atoms with E-state index in [0.717, 1.165) is 0 Å². The highest BCUT2D eigenvalue weighted by molar-refractivity contribution is 7.89. The summed E-state index contributed by atoms with van der Waals surface area (Å²) in [4.78, 5) is 13.6. The van der Waals surface area contributed by atoms with Crippen molar-refractivity contribution >= 4 is 27.5 Å². The first kappa shape index (κ1) is 15.9. The van der Waals surface area contributed by atoms with Crippen LogP contribution in [0, 0.1) is 6.92 Å². The van der Waals surface area contributed by atoms with Crippen LogP contribution in [-0.4, -0.2) is 32.3 Å². The van der Waals surface area contributed by atoms with E-state index in [-0.39, 0.29) is 21.4 Å². The highest BCUT2D eigenvalue weighted by Gasteiger charge is 2.20. The molecule has 0 aromatic heterocycles. The van der Waals surface area contributed by atoms with Crippen molar-refractivity contribution in [2.24, 2.45) is 5.14 Å². The van der Waals surface area contributed by atoms with Gasteiger partial charge in [0, 0.05) is 23.7 Å². The molecular weight excluding hydrogens is 288 g/mol. The van der Waals surface area contributed by atoms with E-state index in [2.05, 4.69) is 0 Å². The fourth-order valence-corrected chi connectivity index (χ4v) is 2.87. The first-order valence-electron chi connectivity index (χ1n) is 5.84. The molecule has 2 N–H and O–H groups in total. The Morgan fingerprint density at radius 3 is 2.26 bits per heavy atom. The van der Waals surface area contributed by atoms with E-state index in [1.54, 1.807) is 11.8 Å². The van der Waals surface area contributed by atoms with Crippen molar-refractivity contribution < 1.29 is 13.2 Å². The lowest BCUT2D eigenvalue weighted by Crippen LogP contribution is -2.30. The number of rotatable bonds is 4. The highest BCUT2D eigenvalue weighted by Crippen LogP contribution is 2.25. The third-order valence-electron chi connectivity index (χ3n) is 2.90. The molecule has 0 radical (unpaired) electrons. The van der Waals surface area contributed by atoms with Crippen LogP contribution < -0.4 is 5.14 Å². The number of sulfonamides is 1. The molecular formula is C12H17ClN2O3S. The maximum atomic E-state index is 12.2. The molecule has 0 fully saturated rings. The normalized spacial score (nSPS) is 11.4.